The molecule has 0 unspecified atom stereocenters. The zero-order chi connectivity index (χ0) is 32.0. The molecule has 0 bridgehead atoms. The van der Waals surface area contributed by atoms with Crippen molar-refractivity contribution >= 4 is 59.6 Å². The number of halogens is 2. The molecule has 3 N–H and O–H groups in total. The van der Waals surface area contributed by atoms with Gasteiger partial charge in [-0.25, -0.2) is 26.9 Å². The number of hydrogen-bond donors (Lipinski definition) is 3. The zero-order valence-electron chi connectivity index (χ0n) is 24.4. The summed E-state index contributed by atoms with van der Waals surface area (Å²) >= 11 is 1.34. The van der Waals surface area contributed by atoms with Gasteiger partial charge in [0.15, 0.2) is 15.8 Å². The number of rotatable bonds is 8. The van der Waals surface area contributed by atoms with Crippen LogP contribution in [-0.4, -0.2) is 66.7 Å². The zero-order valence-corrected chi connectivity index (χ0v) is 26.0. The highest BCUT2D eigenvalue weighted by atomic mass is 32.2. The van der Waals surface area contributed by atoms with E-state index in [-0.39, 0.29) is 23.9 Å². The van der Waals surface area contributed by atoms with E-state index in [4.69, 9.17) is 9.97 Å². The molecule has 2 amide bonds. The lowest BCUT2D eigenvalue weighted by atomic mass is 9.94. The fourth-order valence-corrected chi connectivity index (χ4v) is 7.38. The van der Waals surface area contributed by atoms with Gasteiger partial charge in [0, 0.05) is 49.6 Å². The Hall–Kier alpha value is -4.54. The molecule has 6 rings (SSSR count). The minimum atomic E-state index is -3.91. The Morgan fingerprint density at radius 3 is 2.58 bits per heavy atom. The summed E-state index contributed by atoms with van der Waals surface area (Å²) in [5, 5.41) is 10.8. The number of thiazole rings is 1. The van der Waals surface area contributed by atoms with Crippen molar-refractivity contribution in [3.63, 3.8) is 0 Å². The van der Waals surface area contributed by atoms with Crippen molar-refractivity contribution < 1.29 is 26.8 Å². The molecule has 0 aliphatic carbocycles. The van der Waals surface area contributed by atoms with Crippen LogP contribution in [0.15, 0.2) is 47.5 Å². The summed E-state index contributed by atoms with van der Waals surface area (Å²) in [6.07, 6.45) is -0.0101. The lowest BCUT2D eigenvalue weighted by Crippen LogP contribution is -2.47. The van der Waals surface area contributed by atoms with E-state index >= 15 is 0 Å². The highest BCUT2D eigenvalue weighted by molar-refractivity contribution is 7.89. The Bertz CT molecular complexity index is 2080. The number of pyridine rings is 1. The number of amides is 2. The van der Waals surface area contributed by atoms with Crippen molar-refractivity contribution in [2.24, 2.45) is 7.05 Å². The fraction of sp³-hybridized carbons (Fsp3) is 0.276. The lowest BCUT2D eigenvalue weighted by Gasteiger charge is -2.25. The maximum Gasteiger partial charge on any atom is 0.260 e. The number of nitrogens with zero attached hydrogens (tertiary/aromatic N) is 5. The van der Waals surface area contributed by atoms with Gasteiger partial charge in [0.1, 0.15) is 11.6 Å². The summed E-state index contributed by atoms with van der Waals surface area (Å²) in [5.41, 5.74) is 2.59. The van der Waals surface area contributed by atoms with Crippen LogP contribution in [0.2, 0.25) is 0 Å². The van der Waals surface area contributed by atoms with Crippen LogP contribution in [0, 0.1) is 11.6 Å². The summed E-state index contributed by atoms with van der Waals surface area (Å²) in [5.74, 6) is -2.05. The molecule has 1 aliphatic heterocycles. The minimum Gasteiger partial charge on any atom is -0.353 e. The predicted octanol–water partition coefficient (Wildman–Crippen LogP) is 2.79. The topological polar surface area (TPSA) is 151 Å². The van der Waals surface area contributed by atoms with Crippen molar-refractivity contribution in [3.05, 3.63) is 65.4 Å². The normalized spacial score (nSPS) is 14.6. The van der Waals surface area contributed by atoms with E-state index < -0.39 is 33.6 Å². The Morgan fingerprint density at radius 2 is 1.89 bits per heavy atom. The molecule has 45 heavy (non-hydrogen) atoms. The average molecular weight is 655 g/mol. The maximum atomic E-state index is 14.2. The second-order valence-corrected chi connectivity index (χ2v) is 13.4. The molecule has 0 radical (unpaired) electrons. The Morgan fingerprint density at radius 1 is 1.13 bits per heavy atom. The molecule has 234 valence electrons. The molecule has 16 heteroatoms. The summed E-state index contributed by atoms with van der Waals surface area (Å²) in [7, 11) is -0.988. The second-order valence-electron chi connectivity index (χ2n) is 10.6. The summed E-state index contributed by atoms with van der Waals surface area (Å²) in [6, 6.07) is 9.26. The third kappa shape index (κ3) is 5.95. The number of anilines is 1. The van der Waals surface area contributed by atoms with Gasteiger partial charge < -0.3 is 15.5 Å². The molecule has 2 aromatic carbocycles. The Balaban J connectivity index is 1.60. The molecule has 4 heterocycles. The summed E-state index contributed by atoms with van der Waals surface area (Å²) in [4.78, 5) is 36.0. The first-order chi connectivity index (χ1) is 21.4. The van der Waals surface area contributed by atoms with Crippen LogP contribution in [0.25, 0.3) is 32.4 Å². The number of benzene rings is 2. The van der Waals surface area contributed by atoms with E-state index in [1.807, 2.05) is 11.0 Å². The van der Waals surface area contributed by atoms with E-state index in [2.05, 4.69) is 20.5 Å². The molecule has 1 fully saturated rings. The lowest BCUT2D eigenvalue weighted by molar-refractivity contribution is -0.121. The highest BCUT2D eigenvalue weighted by Gasteiger charge is 2.28. The smallest absolute Gasteiger partial charge is 0.260 e. The molecule has 0 spiro atoms. The van der Waals surface area contributed by atoms with E-state index in [0.717, 1.165) is 6.07 Å². The van der Waals surface area contributed by atoms with Crippen LogP contribution >= 0.6 is 11.3 Å². The van der Waals surface area contributed by atoms with Gasteiger partial charge in [-0.1, -0.05) is 23.5 Å². The molecule has 0 saturated carbocycles. The summed E-state index contributed by atoms with van der Waals surface area (Å²) < 4.78 is 58.5. The fourth-order valence-electron chi connectivity index (χ4n) is 5.53. The Kier molecular flexibility index (Phi) is 7.96. The first kappa shape index (κ1) is 30.5. The van der Waals surface area contributed by atoms with Gasteiger partial charge >= 0.3 is 0 Å². The first-order valence-electron chi connectivity index (χ1n) is 13.9. The van der Waals surface area contributed by atoms with Crippen LogP contribution in [0.1, 0.15) is 24.2 Å². The number of fused-ring (bicyclic) bond motifs is 2. The van der Waals surface area contributed by atoms with Crippen molar-refractivity contribution in [2.45, 2.75) is 24.4 Å². The van der Waals surface area contributed by atoms with Gasteiger partial charge in [0.25, 0.3) is 10.0 Å². The number of nitrogens with one attached hydrogen (secondary N) is 3. The number of aromatic nitrogens is 4. The predicted molar refractivity (Wildman–Crippen MR) is 165 cm³/mol. The molecule has 12 nitrogen and oxygen atoms in total. The van der Waals surface area contributed by atoms with Crippen LogP contribution in [0.3, 0.4) is 0 Å². The monoisotopic (exact) mass is 654 g/mol. The van der Waals surface area contributed by atoms with Crippen LogP contribution in [-0.2, 0) is 33.1 Å². The van der Waals surface area contributed by atoms with E-state index in [0.29, 0.717) is 61.9 Å². The number of sulfonamides is 1. The maximum absolute atomic E-state index is 14.2. The van der Waals surface area contributed by atoms with Crippen molar-refractivity contribution in [2.75, 3.05) is 31.6 Å². The SMILES string of the molecule is CNS(=O)(=O)c1nn(C)c2c(-c3cc4sc(N5CCNC(=O)C5)nc4nc3[C@H](Cc3cc(F)cc(F)c3)NC(C)=O)cccc12. The average Bonchev–Trinajstić information content (AvgIpc) is 3.56. The first-order valence-corrected chi connectivity index (χ1v) is 16.2. The quantitative estimate of drug-likeness (QED) is 0.231. The van der Waals surface area contributed by atoms with Gasteiger partial charge in [0.05, 0.1) is 28.5 Å². The van der Waals surface area contributed by atoms with Crippen molar-refractivity contribution in [1.29, 1.82) is 0 Å². The molecule has 1 saturated heterocycles. The third-order valence-electron chi connectivity index (χ3n) is 7.42. The van der Waals surface area contributed by atoms with Gasteiger partial charge in [-0.05, 0) is 43.3 Å². The van der Waals surface area contributed by atoms with Gasteiger partial charge in [-0.15, -0.1) is 0 Å². The molecule has 5 aromatic rings. The van der Waals surface area contributed by atoms with Crippen molar-refractivity contribution in [3.8, 4) is 11.1 Å². The molecule has 3 aromatic heterocycles. The van der Waals surface area contributed by atoms with Crippen LogP contribution < -0.4 is 20.3 Å². The van der Waals surface area contributed by atoms with Gasteiger partial charge in [-0.2, -0.15) is 10.1 Å². The molecule has 1 aliphatic rings. The molecular formula is C29H28F2N8O4S2. The largest absolute Gasteiger partial charge is 0.353 e. The van der Waals surface area contributed by atoms with E-state index in [1.165, 1.54) is 42.1 Å². The van der Waals surface area contributed by atoms with Crippen LogP contribution in [0.5, 0.6) is 0 Å². The Labute approximate surface area is 260 Å². The minimum absolute atomic E-state index is 0.0101. The van der Waals surface area contributed by atoms with Gasteiger partial charge in [-0.3, -0.25) is 14.3 Å². The van der Waals surface area contributed by atoms with Gasteiger partial charge in [0.2, 0.25) is 11.8 Å². The van der Waals surface area contributed by atoms with E-state index in [9.17, 15) is 26.8 Å². The number of piperazine rings is 1. The molecule has 1 atom stereocenters. The number of carbonyl (C=O) groups excluding carboxylic acids is 2. The summed E-state index contributed by atoms with van der Waals surface area (Å²) in [6.45, 7) is 2.49. The second kappa shape index (κ2) is 11.8. The standard InChI is InChI=1S/C29H28F2N8O4S2/c1-15(40)34-22(11-16-9-17(30)12-18(31)10-16)25-21(13-23-27(35-25)36-29(44-23)39-8-7-33-24(41)14-39)19-5-4-6-20-26(19)38(3)37-28(20)45(42,43)32-2/h4-6,9-10,12-13,22,32H,7-8,11,14H2,1-3H3,(H,33,41)(H,34,40)/t22-/m0/s1. The van der Waals surface area contributed by atoms with Crippen molar-refractivity contribution in [1.82, 2.24) is 35.1 Å². The third-order valence-corrected chi connectivity index (χ3v) is 9.82. The highest BCUT2D eigenvalue weighted by Crippen LogP contribution is 2.39. The number of carbonyl (C=O) groups is 2. The number of aryl methyl sites for hydroxylation is 1. The van der Waals surface area contributed by atoms with E-state index in [1.54, 1.807) is 25.2 Å². The number of para-hydroxylation sites is 1. The number of hydrogen-bond acceptors (Lipinski definition) is 9. The van der Waals surface area contributed by atoms with Crippen LogP contribution in [0.4, 0.5) is 13.9 Å². The molecular weight excluding hydrogens is 627 g/mol.